The van der Waals surface area contributed by atoms with Gasteiger partial charge in [-0.2, -0.15) is 5.10 Å². The van der Waals surface area contributed by atoms with Crippen molar-refractivity contribution in [3.8, 4) is 16.9 Å². The van der Waals surface area contributed by atoms with Crippen LogP contribution >= 0.6 is 23.2 Å². The first-order valence-electron chi connectivity index (χ1n) is 9.34. The van der Waals surface area contributed by atoms with Crippen molar-refractivity contribution in [2.75, 3.05) is 0 Å². The molecule has 0 unspecified atom stereocenters. The molecule has 0 aliphatic heterocycles. The normalized spacial score (nSPS) is 14.5. The second kappa shape index (κ2) is 7.61. The summed E-state index contributed by atoms with van der Waals surface area (Å²) >= 11 is 12.4. The fourth-order valence-electron chi connectivity index (χ4n) is 4.04. The monoisotopic (exact) mass is 414 g/mol. The molecule has 4 nitrogen and oxygen atoms in total. The van der Waals surface area contributed by atoms with E-state index in [0.717, 1.165) is 11.3 Å². The molecule has 0 radical (unpaired) electrons. The van der Waals surface area contributed by atoms with Gasteiger partial charge in [0.05, 0.1) is 16.4 Å². The van der Waals surface area contributed by atoms with Crippen LogP contribution in [0.25, 0.3) is 16.9 Å². The number of carbonyl (C=O) groups is 1. The predicted octanol–water partition coefficient (Wildman–Crippen LogP) is 6.51. The minimum Gasteiger partial charge on any atom is -0.476 e. The second-order valence-corrected chi connectivity index (χ2v) is 8.08. The molecular weight excluding hydrogens is 395 g/mol. The van der Waals surface area contributed by atoms with Crippen molar-refractivity contribution < 1.29 is 9.90 Å². The molecule has 1 N–H and O–H groups in total. The van der Waals surface area contributed by atoms with Crippen molar-refractivity contribution in [2.45, 2.75) is 38.5 Å². The fraction of sp³-hybridized carbons (Fsp3) is 0.273. The van der Waals surface area contributed by atoms with Gasteiger partial charge in [-0.05, 0) is 49.4 Å². The minimum absolute atomic E-state index is 0.0147. The first kappa shape index (κ1) is 19.0. The molecule has 0 saturated heterocycles. The summed E-state index contributed by atoms with van der Waals surface area (Å²) in [6, 6.07) is 13.5. The largest absolute Gasteiger partial charge is 0.476 e. The Bertz CT molecular complexity index is 1040. The molecule has 3 aromatic rings. The Labute approximate surface area is 173 Å². The Kier molecular flexibility index (Phi) is 5.17. The van der Waals surface area contributed by atoms with Crippen LogP contribution in [0.3, 0.4) is 0 Å². The minimum atomic E-state index is -1.06. The van der Waals surface area contributed by atoms with Gasteiger partial charge in [-0.15, -0.1) is 0 Å². The third-order valence-electron chi connectivity index (χ3n) is 5.47. The summed E-state index contributed by atoms with van der Waals surface area (Å²) in [5.41, 5.74) is 4.18. The summed E-state index contributed by atoms with van der Waals surface area (Å²) < 4.78 is 1.60. The molecule has 0 spiro atoms. The molecule has 1 saturated carbocycles. The number of carboxylic acid groups (broad SMARTS) is 1. The van der Waals surface area contributed by atoms with Crippen molar-refractivity contribution >= 4 is 29.2 Å². The van der Waals surface area contributed by atoms with Gasteiger partial charge in [0.2, 0.25) is 0 Å². The van der Waals surface area contributed by atoms with Crippen LogP contribution in [0.15, 0.2) is 42.5 Å². The van der Waals surface area contributed by atoms with E-state index < -0.39 is 5.97 Å². The highest BCUT2D eigenvalue weighted by atomic mass is 35.5. The Morgan fingerprint density at radius 1 is 1.11 bits per heavy atom. The zero-order valence-corrected chi connectivity index (χ0v) is 17.0. The highest BCUT2D eigenvalue weighted by Crippen LogP contribution is 2.36. The molecule has 1 heterocycles. The Morgan fingerprint density at radius 3 is 2.39 bits per heavy atom. The molecule has 1 aliphatic rings. The Morgan fingerprint density at radius 2 is 1.79 bits per heavy atom. The molecule has 2 aromatic carbocycles. The van der Waals surface area contributed by atoms with E-state index >= 15 is 0 Å². The van der Waals surface area contributed by atoms with Crippen LogP contribution in [-0.4, -0.2) is 20.9 Å². The van der Waals surface area contributed by atoms with E-state index in [1.54, 1.807) is 29.8 Å². The maximum absolute atomic E-state index is 11.7. The quantitative estimate of drug-likeness (QED) is 0.529. The standard InChI is InChI=1S/C22H20Cl2N2O2/c1-13-20(22(27)28)25-26(19-11-10-17(23)12-18(19)24)21(13)16-8-6-15(7-9-16)14-4-2-3-5-14/h6-12,14H,2-5H2,1H3,(H,27,28). The maximum atomic E-state index is 11.7. The van der Waals surface area contributed by atoms with Gasteiger partial charge in [-0.3, -0.25) is 0 Å². The highest BCUT2D eigenvalue weighted by molar-refractivity contribution is 6.35. The van der Waals surface area contributed by atoms with Crippen LogP contribution in [0, 0.1) is 6.92 Å². The molecule has 0 bridgehead atoms. The van der Waals surface area contributed by atoms with Crippen LogP contribution in [0.5, 0.6) is 0 Å². The van der Waals surface area contributed by atoms with Gasteiger partial charge in [0.1, 0.15) is 0 Å². The molecule has 1 aliphatic carbocycles. The number of aromatic carboxylic acids is 1. The van der Waals surface area contributed by atoms with Gasteiger partial charge in [-0.25, -0.2) is 9.48 Å². The number of aromatic nitrogens is 2. The number of benzene rings is 2. The smallest absolute Gasteiger partial charge is 0.356 e. The lowest BCUT2D eigenvalue weighted by atomic mass is 9.95. The molecule has 28 heavy (non-hydrogen) atoms. The summed E-state index contributed by atoms with van der Waals surface area (Å²) in [7, 11) is 0. The van der Waals surface area contributed by atoms with Crippen LogP contribution in [0.1, 0.15) is 53.2 Å². The molecule has 6 heteroatoms. The van der Waals surface area contributed by atoms with Crippen molar-refractivity contribution in [1.82, 2.24) is 9.78 Å². The van der Waals surface area contributed by atoms with Gasteiger partial charge in [0.25, 0.3) is 0 Å². The molecule has 0 amide bonds. The average molecular weight is 415 g/mol. The molecule has 1 fully saturated rings. The van der Waals surface area contributed by atoms with Gasteiger partial charge in [0.15, 0.2) is 5.69 Å². The zero-order chi connectivity index (χ0) is 19.8. The lowest BCUT2D eigenvalue weighted by Gasteiger charge is -2.13. The fourth-order valence-corrected chi connectivity index (χ4v) is 4.53. The van der Waals surface area contributed by atoms with Crippen molar-refractivity contribution in [2.24, 2.45) is 0 Å². The second-order valence-electron chi connectivity index (χ2n) is 7.24. The Hall–Kier alpha value is -2.30. The SMILES string of the molecule is Cc1c(C(=O)O)nn(-c2ccc(Cl)cc2Cl)c1-c1ccc(C2CCCC2)cc1. The van der Waals surface area contributed by atoms with Crippen LogP contribution in [0.2, 0.25) is 10.0 Å². The van der Waals surface area contributed by atoms with Gasteiger partial charge < -0.3 is 5.11 Å². The molecule has 144 valence electrons. The van der Waals surface area contributed by atoms with E-state index in [9.17, 15) is 9.90 Å². The van der Waals surface area contributed by atoms with Gasteiger partial charge in [0, 0.05) is 16.1 Å². The number of carboxylic acids is 1. The van der Waals surface area contributed by atoms with E-state index in [2.05, 4.69) is 17.2 Å². The molecule has 0 atom stereocenters. The van der Waals surface area contributed by atoms with Gasteiger partial charge >= 0.3 is 5.97 Å². The van der Waals surface area contributed by atoms with E-state index in [1.807, 2.05) is 12.1 Å². The van der Waals surface area contributed by atoms with Crippen LogP contribution in [0.4, 0.5) is 0 Å². The maximum Gasteiger partial charge on any atom is 0.356 e. The van der Waals surface area contributed by atoms with Crippen molar-refractivity contribution in [3.05, 3.63) is 69.3 Å². The molecule has 4 rings (SSSR count). The third kappa shape index (κ3) is 3.43. The highest BCUT2D eigenvalue weighted by Gasteiger charge is 2.23. The summed E-state index contributed by atoms with van der Waals surface area (Å²) in [6.45, 7) is 1.77. The molecular formula is C22H20Cl2N2O2. The van der Waals surface area contributed by atoms with E-state index in [0.29, 0.717) is 27.2 Å². The number of rotatable bonds is 4. The average Bonchev–Trinajstić information content (AvgIpc) is 3.30. The van der Waals surface area contributed by atoms with E-state index in [-0.39, 0.29) is 5.69 Å². The van der Waals surface area contributed by atoms with E-state index in [4.69, 9.17) is 23.2 Å². The number of nitrogens with zero attached hydrogens (tertiary/aromatic N) is 2. The Balaban J connectivity index is 1.84. The number of halogens is 2. The van der Waals surface area contributed by atoms with Crippen molar-refractivity contribution in [3.63, 3.8) is 0 Å². The van der Waals surface area contributed by atoms with Gasteiger partial charge in [-0.1, -0.05) is 60.3 Å². The van der Waals surface area contributed by atoms with E-state index in [1.165, 1.54) is 31.2 Å². The van der Waals surface area contributed by atoms with Crippen LogP contribution in [-0.2, 0) is 0 Å². The van der Waals surface area contributed by atoms with Crippen LogP contribution < -0.4 is 0 Å². The predicted molar refractivity (Wildman–Crippen MR) is 112 cm³/mol. The lowest BCUT2D eigenvalue weighted by Crippen LogP contribution is -2.03. The third-order valence-corrected chi connectivity index (χ3v) is 6.01. The summed E-state index contributed by atoms with van der Waals surface area (Å²) in [5, 5.41) is 14.8. The topological polar surface area (TPSA) is 55.1 Å². The molecule has 1 aromatic heterocycles. The lowest BCUT2D eigenvalue weighted by molar-refractivity contribution is 0.0689. The summed E-state index contributed by atoms with van der Waals surface area (Å²) in [5.74, 6) is -0.439. The van der Waals surface area contributed by atoms with Crippen molar-refractivity contribution in [1.29, 1.82) is 0 Å². The first-order chi connectivity index (χ1) is 13.5. The zero-order valence-electron chi connectivity index (χ0n) is 15.5. The number of hydrogen-bond acceptors (Lipinski definition) is 2. The summed E-state index contributed by atoms with van der Waals surface area (Å²) in [4.78, 5) is 11.7. The summed E-state index contributed by atoms with van der Waals surface area (Å²) in [6.07, 6.45) is 5.05. The first-order valence-corrected chi connectivity index (χ1v) is 10.1. The number of hydrogen-bond donors (Lipinski definition) is 1.